The molecule has 0 aliphatic heterocycles. The second kappa shape index (κ2) is 4.22. The maximum Gasteiger partial charge on any atom is 0.416 e. The standard InChI is InChI=1S/C10H8F3NO/c1-15-8-3-2-7(4-5-14)9(6-8)10(11,12)13/h2-3,6H,4H2,1H3. The molecule has 0 bridgehead atoms. The Labute approximate surface area is 84.9 Å². The molecule has 15 heavy (non-hydrogen) atoms. The molecule has 80 valence electrons. The minimum absolute atomic E-state index is 0.0363. The zero-order chi connectivity index (χ0) is 11.5. The van der Waals surface area contributed by atoms with Crippen LogP contribution in [0.15, 0.2) is 18.2 Å². The van der Waals surface area contributed by atoms with Crippen LogP contribution in [0.3, 0.4) is 0 Å². The third-order valence-electron chi connectivity index (χ3n) is 1.89. The van der Waals surface area contributed by atoms with Crippen molar-refractivity contribution < 1.29 is 17.9 Å². The van der Waals surface area contributed by atoms with Gasteiger partial charge in [0.25, 0.3) is 0 Å². The Morgan fingerprint density at radius 1 is 1.40 bits per heavy atom. The molecule has 0 heterocycles. The lowest BCUT2D eigenvalue weighted by Gasteiger charge is -2.12. The summed E-state index contributed by atoms with van der Waals surface area (Å²) in [7, 11) is 1.29. The summed E-state index contributed by atoms with van der Waals surface area (Å²) in [4.78, 5) is 0. The van der Waals surface area contributed by atoms with Gasteiger partial charge in [0.2, 0.25) is 0 Å². The summed E-state index contributed by atoms with van der Waals surface area (Å²) in [6, 6.07) is 5.25. The number of hydrogen-bond acceptors (Lipinski definition) is 2. The molecule has 0 amide bonds. The van der Waals surface area contributed by atoms with E-state index in [0.717, 1.165) is 6.07 Å². The highest BCUT2D eigenvalue weighted by Gasteiger charge is 2.33. The van der Waals surface area contributed by atoms with Crippen LogP contribution in [0.2, 0.25) is 0 Å². The fraction of sp³-hybridized carbons (Fsp3) is 0.300. The van der Waals surface area contributed by atoms with Crippen molar-refractivity contribution in [1.29, 1.82) is 5.26 Å². The number of benzene rings is 1. The van der Waals surface area contributed by atoms with Crippen molar-refractivity contribution in [2.24, 2.45) is 0 Å². The molecule has 0 atom stereocenters. The lowest BCUT2D eigenvalue weighted by atomic mass is 10.0. The zero-order valence-electron chi connectivity index (χ0n) is 7.93. The first-order chi connectivity index (χ1) is 6.99. The number of alkyl halides is 3. The van der Waals surface area contributed by atoms with Gasteiger partial charge in [-0.2, -0.15) is 18.4 Å². The maximum absolute atomic E-state index is 12.5. The molecule has 0 unspecified atom stereocenters. The molecule has 1 aromatic rings. The summed E-state index contributed by atoms with van der Waals surface area (Å²) in [6.45, 7) is 0. The van der Waals surface area contributed by atoms with Crippen molar-refractivity contribution in [2.45, 2.75) is 12.6 Å². The molecule has 0 aliphatic rings. The molecule has 2 nitrogen and oxygen atoms in total. The van der Waals surface area contributed by atoms with Crippen molar-refractivity contribution in [2.75, 3.05) is 7.11 Å². The molecular formula is C10H8F3NO. The number of methoxy groups -OCH3 is 1. The van der Waals surface area contributed by atoms with E-state index in [1.807, 2.05) is 0 Å². The van der Waals surface area contributed by atoms with E-state index in [9.17, 15) is 13.2 Å². The van der Waals surface area contributed by atoms with Gasteiger partial charge in [0.15, 0.2) is 0 Å². The summed E-state index contributed by atoms with van der Waals surface area (Å²) in [6.07, 6.45) is -4.72. The molecule has 1 rings (SSSR count). The number of hydrogen-bond donors (Lipinski definition) is 0. The quantitative estimate of drug-likeness (QED) is 0.759. The Balaban J connectivity index is 3.24. The number of rotatable bonds is 2. The van der Waals surface area contributed by atoms with Crippen molar-refractivity contribution in [3.8, 4) is 11.8 Å². The van der Waals surface area contributed by atoms with Crippen molar-refractivity contribution in [1.82, 2.24) is 0 Å². The number of nitrogens with zero attached hydrogens (tertiary/aromatic N) is 1. The number of ether oxygens (including phenoxy) is 1. The van der Waals surface area contributed by atoms with E-state index >= 15 is 0 Å². The van der Waals surface area contributed by atoms with Gasteiger partial charge in [0.1, 0.15) is 5.75 Å². The van der Waals surface area contributed by atoms with Gasteiger partial charge in [-0.25, -0.2) is 0 Å². The van der Waals surface area contributed by atoms with Gasteiger partial charge in [0, 0.05) is 0 Å². The Morgan fingerprint density at radius 3 is 2.53 bits per heavy atom. The molecule has 0 aliphatic carbocycles. The number of nitriles is 1. The van der Waals surface area contributed by atoms with Crippen LogP contribution in [-0.2, 0) is 12.6 Å². The number of halogens is 3. The van der Waals surface area contributed by atoms with E-state index in [1.54, 1.807) is 6.07 Å². The van der Waals surface area contributed by atoms with Crippen LogP contribution in [0, 0.1) is 11.3 Å². The van der Waals surface area contributed by atoms with Crippen molar-refractivity contribution in [3.63, 3.8) is 0 Å². The van der Waals surface area contributed by atoms with Gasteiger partial charge in [-0.05, 0) is 17.7 Å². The minimum Gasteiger partial charge on any atom is -0.497 e. The van der Waals surface area contributed by atoms with Crippen LogP contribution in [0.4, 0.5) is 13.2 Å². The SMILES string of the molecule is COc1ccc(CC#N)c(C(F)(F)F)c1. The van der Waals surface area contributed by atoms with Gasteiger partial charge < -0.3 is 4.74 Å². The normalized spacial score (nSPS) is 10.9. The average Bonchev–Trinajstić information content (AvgIpc) is 2.17. The van der Waals surface area contributed by atoms with Crippen LogP contribution < -0.4 is 4.74 Å². The third kappa shape index (κ3) is 2.62. The monoisotopic (exact) mass is 215 g/mol. The lowest BCUT2D eigenvalue weighted by Crippen LogP contribution is -2.09. The molecule has 0 saturated carbocycles. The van der Waals surface area contributed by atoms with E-state index in [4.69, 9.17) is 10.00 Å². The van der Waals surface area contributed by atoms with Gasteiger partial charge in [0.05, 0.1) is 25.2 Å². The summed E-state index contributed by atoms with van der Waals surface area (Å²) in [5, 5.41) is 8.39. The second-order valence-electron chi connectivity index (χ2n) is 2.86. The molecule has 0 radical (unpaired) electrons. The fourth-order valence-electron chi connectivity index (χ4n) is 1.19. The molecule has 0 aromatic heterocycles. The van der Waals surface area contributed by atoms with Crippen molar-refractivity contribution >= 4 is 0 Å². The predicted octanol–water partition coefficient (Wildman–Crippen LogP) is 2.78. The summed E-state index contributed by atoms with van der Waals surface area (Å²) < 4.78 is 42.3. The van der Waals surface area contributed by atoms with Gasteiger partial charge in [-0.3, -0.25) is 0 Å². The molecule has 0 N–H and O–H groups in total. The Bertz CT molecular complexity index is 393. The van der Waals surface area contributed by atoms with Crippen LogP contribution in [0.5, 0.6) is 5.75 Å². The topological polar surface area (TPSA) is 33.0 Å². The Hall–Kier alpha value is -1.70. The average molecular weight is 215 g/mol. The van der Waals surface area contributed by atoms with Gasteiger partial charge in [-0.1, -0.05) is 6.07 Å². The van der Waals surface area contributed by atoms with Crippen LogP contribution in [-0.4, -0.2) is 7.11 Å². The Kier molecular flexibility index (Phi) is 3.20. The van der Waals surface area contributed by atoms with Gasteiger partial charge in [-0.15, -0.1) is 0 Å². The van der Waals surface area contributed by atoms with Crippen LogP contribution in [0.25, 0.3) is 0 Å². The predicted molar refractivity (Wildman–Crippen MR) is 47.3 cm³/mol. The lowest BCUT2D eigenvalue weighted by molar-refractivity contribution is -0.138. The first kappa shape index (κ1) is 11.4. The van der Waals surface area contributed by atoms with E-state index in [-0.39, 0.29) is 17.7 Å². The van der Waals surface area contributed by atoms with Crippen molar-refractivity contribution in [3.05, 3.63) is 29.3 Å². The van der Waals surface area contributed by atoms with Crippen LogP contribution >= 0.6 is 0 Å². The molecule has 5 heteroatoms. The summed E-state index contributed by atoms with van der Waals surface area (Å²) in [5.74, 6) is 0.129. The highest BCUT2D eigenvalue weighted by Crippen LogP contribution is 2.34. The highest BCUT2D eigenvalue weighted by molar-refractivity contribution is 5.38. The summed E-state index contributed by atoms with van der Waals surface area (Å²) >= 11 is 0. The van der Waals surface area contributed by atoms with E-state index < -0.39 is 11.7 Å². The third-order valence-corrected chi connectivity index (χ3v) is 1.89. The molecular weight excluding hydrogens is 207 g/mol. The summed E-state index contributed by atoms with van der Waals surface area (Å²) in [5.41, 5.74) is -0.853. The maximum atomic E-state index is 12.5. The zero-order valence-corrected chi connectivity index (χ0v) is 7.93. The first-order valence-corrected chi connectivity index (χ1v) is 4.10. The van der Waals surface area contributed by atoms with Gasteiger partial charge >= 0.3 is 6.18 Å². The van der Waals surface area contributed by atoms with E-state index in [2.05, 4.69) is 0 Å². The molecule has 1 aromatic carbocycles. The first-order valence-electron chi connectivity index (χ1n) is 4.10. The van der Waals surface area contributed by atoms with Crippen LogP contribution in [0.1, 0.15) is 11.1 Å². The fourth-order valence-corrected chi connectivity index (χ4v) is 1.19. The molecule has 0 spiro atoms. The Morgan fingerprint density at radius 2 is 2.07 bits per heavy atom. The van der Waals surface area contributed by atoms with E-state index in [0.29, 0.717) is 0 Å². The second-order valence-corrected chi connectivity index (χ2v) is 2.86. The van der Waals surface area contributed by atoms with E-state index in [1.165, 1.54) is 19.2 Å². The molecule has 0 saturated heterocycles. The highest BCUT2D eigenvalue weighted by atomic mass is 19.4. The smallest absolute Gasteiger partial charge is 0.416 e. The minimum atomic E-state index is -4.46. The largest absolute Gasteiger partial charge is 0.497 e. The molecule has 0 fully saturated rings.